The number of benzene rings is 3. The fourth-order valence-electron chi connectivity index (χ4n) is 4.02. The Labute approximate surface area is 176 Å². The van der Waals surface area contributed by atoms with Crippen LogP contribution in [0, 0.1) is 0 Å². The minimum absolute atomic E-state index is 0.0122. The van der Waals surface area contributed by atoms with Crippen LogP contribution in [0.3, 0.4) is 0 Å². The molecule has 156 valence electrons. The molecule has 1 N–H and O–H groups in total. The van der Waals surface area contributed by atoms with E-state index in [-0.39, 0.29) is 11.3 Å². The van der Waals surface area contributed by atoms with Crippen LogP contribution in [0.15, 0.2) is 54.6 Å². The highest BCUT2D eigenvalue weighted by Crippen LogP contribution is 2.33. The molecule has 4 rings (SSSR count). The lowest BCUT2D eigenvalue weighted by Gasteiger charge is -2.36. The monoisotopic (exact) mass is 406 g/mol. The van der Waals surface area contributed by atoms with Crippen molar-refractivity contribution in [1.29, 1.82) is 0 Å². The van der Waals surface area contributed by atoms with Gasteiger partial charge in [0.15, 0.2) is 0 Å². The molecule has 0 amide bonds. The summed E-state index contributed by atoms with van der Waals surface area (Å²) in [5, 5.41) is 12.7. The second-order valence-corrected chi connectivity index (χ2v) is 7.43. The Hall–Kier alpha value is -3.25. The summed E-state index contributed by atoms with van der Waals surface area (Å²) in [5.41, 5.74) is 2.16. The Balaban J connectivity index is 1.53. The number of rotatable bonds is 5. The lowest BCUT2D eigenvalue weighted by Crippen LogP contribution is -2.46. The van der Waals surface area contributed by atoms with Gasteiger partial charge in [-0.05, 0) is 41.1 Å². The predicted molar refractivity (Wildman–Crippen MR) is 117 cm³/mol. The zero-order valence-corrected chi connectivity index (χ0v) is 17.3. The molecule has 0 aromatic heterocycles. The zero-order valence-electron chi connectivity index (χ0n) is 17.3. The smallest absolute Gasteiger partial charge is 0.341 e. The number of hydrogen-bond acceptors (Lipinski definition) is 6. The maximum atomic E-state index is 12.2. The van der Waals surface area contributed by atoms with Crippen LogP contribution >= 0.6 is 0 Å². The number of carbonyl (C=O) groups is 1. The Morgan fingerprint density at radius 1 is 1.00 bits per heavy atom. The van der Waals surface area contributed by atoms with Gasteiger partial charge in [-0.25, -0.2) is 4.79 Å². The minimum Gasteiger partial charge on any atom is -0.507 e. The van der Waals surface area contributed by atoms with Gasteiger partial charge in [-0.15, -0.1) is 0 Å². The molecular formula is C24H26N2O4. The van der Waals surface area contributed by atoms with Crippen LogP contribution in [-0.4, -0.2) is 56.4 Å². The Morgan fingerprint density at radius 2 is 1.70 bits per heavy atom. The number of phenolic OH excluding ortho intramolecular Hbond substituents is 1. The van der Waals surface area contributed by atoms with Crippen molar-refractivity contribution in [2.75, 3.05) is 45.3 Å². The van der Waals surface area contributed by atoms with Crippen molar-refractivity contribution < 1.29 is 19.4 Å². The standard InChI is InChI=1S/C24H26N2O4/c1-29-19-9-7-18(8-10-19)26-13-11-25(12-14-26)16-22-20-6-4-3-5-17(20)15-21(23(22)27)24(28)30-2/h3-10,15,27H,11-14,16H2,1-2H3. The summed E-state index contributed by atoms with van der Waals surface area (Å²) in [5.74, 6) is 0.340. The highest BCUT2D eigenvalue weighted by molar-refractivity contribution is 6.00. The largest absolute Gasteiger partial charge is 0.507 e. The molecule has 6 nitrogen and oxygen atoms in total. The summed E-state index contributed by atoms with van der Waals surface area (Å²) < 4.78 is 10.1. The molecule has 0 unspecified atom stereocenters. The third-order valence-electron chi connectivity index (χ3n) is 5.72. The maximum absolute atomic E-state index is 12.2. The second kappa shape index (κ2) is 8.63. The summed E-state index contributed by atoms with van der Waals surface area (Å²) in [4.78, 5) is 16.8. The average molecular weight is 406 g/mol. The van der Waals surface area contributed by atoms with Crippen molar-refractivity contribution in [3.63, 3.8) is 0 Å². The minimum atomic E-state index is -0.524. The molecule has 1 saturated heterocycles. The first kappa shape index (κ1) is 20.0. The van der Waals surface area contributed by atoms with Gasteiger partial charge in [0.2, 0.25) is 0 Å². The van der Waals surface area contributed by atoms with E-state index in [1.54, 1.807) is 13.2 Å². The summed E-state index contributed by atoms with van der Waals surface area (Å²) in [7, 11) is 3.00. The van der Waals surface area contributed by atoms with Gasteiger partial charge in [-0.2, -0.15) is 0 Å². The van der Waals surface area contributed by atoms with Gasteiger partial charge >= 0.3 is 5.97 Å². The van der Waals surface area contributed by atoms with Crippen LogP contribution in [0.4, 0.5) is 5.69 Å². The normalized spacial score (nSPS) is 14.7. The van der Waals surface area contributed by atoms with Crippen molar-refractivity contribution in [1.82, 2.24) is 4.90 Å². The van der Waals surface area contributed by atoms with Gasteiger partial charge in [0.1, 0.15) is 17.1 Å². The fraction of sp³-hybridized carbons (Fsp3) is 0.292. The summed E-state index contributed by atoms with van der Waals surface area (Å²) in [6, 6.07) is 17.6. The Morgan fingerprint density at radius 3 is 2.37 bits per heavy atom. The maximum Gasteiger partial charge on any atom is 0.341 e. The molecule has 1 fully saturated rings. The number of hydrogen-bond donors (Lipinski definition) is 1. The van der Waals surface area contributed by atoms with E-state index in [2.05, 4.69) is 21.9 Å². The number of piperazine rings is 1. The molecule has 0 spiro atoms. The van der Waals surface area contributed by atoms with Crippen molar-refractivity contribution in [3.8, 4) is 11.5 Å². The molecule has 1 aliphatic rings. The van der Waals surface area contributed by atoms with Crippen molar-refractivity contribution in [2.24, 2.45) is 0 Å². The number of ether oxygens (including phenoxy) is 2. The number of anilines is 1. The van der Waals surface area contributed by atoms with Crippen molar-refractivity contribution in [3.05, 3.63) is 65.7 Å². The van der Waals surface area contributed by atoms with Crippen molar-refractivity contribution in [2.45, 2.75) is 6.54 Å². The summed E-state index contributed by atoms with van der Waals surface area (Å²) >= 11 is 0. The number of fused-ring (bicyclic) bond motifs is 1. The molecule has 0 aliphatic carbocycles. The molecule has 3 aromatic carbocycles. The summed E-state index contributed by atoms with van der Waals surface area (Å²) in [6.07, 6.45) is 0. The molecule has 0 saturated carbocycles. The SMILES string of the molecule is COC(=O)c1cc2ccccc2c(CN2CCN(c3ccc(OC)cc3)CC2)c1O. The van der Waals surface area contributed by atoms with Gasteiger partial charge in [-0.3, -0.25) is 4.90 Å². The van der Waals surface area contributed by atoms with Crippen LogP contribution < -0.4 is 9.64 Å². The highest BCUT2D eigenvalue weighted by atomic mass is 16.5. The Kier molecular flexibility index (Phi) is 5.77. The molecule has 1 heterocycles. The van der Waals surface area contributed by atoms with E-state index < -0.39 is 5.97 Å². The molecular weight excluding hydrogens is 380 g/mol. The topological polar surface area (TPSA) is 62.2 Å². The van der Waals surface area contributed by atoms with E-state index in [1.807, 2.05) is 36.4 Å². The van der Waals surface area contributed by atoms with E-state index in [0.717, 1.165) is 48.3 Å². The molecule has 6 heteroatoms. The number of nitrogens with zero attached hydrogens (tertiary/aromatic N) is 2. The van der Waals surface area contributed by atoms with Crippen LogP contribution in [-0.2, 0) is 11.3 Å². The number of esters is 1. The number of carbonyl (C=O) groups excluding carboxylic acids is 1. The first-order chi connectivity index (χ1) is 14.6. The van der Waals surface area contributed by atoms with E-state index in [1.165, 1.54) is 12.8 Å². The predicted octanol–water partition coefficient (Wildman–Crippen LogP) is 3.66. The molecule has 0 bridgehead atoms. The number of phenols is 1. The molecule has 1 aliphatic heterocycles. The highest BCUT2D eigenvalue weighted by Gasteiger charge is 2.23. The van der Waals surface area contributed by atoms with Gasteiger partial charge in [0, 0.05) is 44.0 Å². The third kappa shape index (κ3) is 3.91. The number of aromatic hydroxyl groups is 1. The van der Waals surface area contributed by atoms with Crippen LogP contribution in [0.5, 0.6) is 11.5 Å². The zero-order chi connectivity index (χ0) is 21.1. The lowest BCUT2D eigenvalue weighted by atomic mass is 9.98. The van der Waals surface area contributed by atoms with E-state index in [9.17, 15) is 9.90 Å². The Bertz CT molecular complexity index is 1040. The first-order valence-corrected chi connectivity index (χ1v) is 10.0. The van der Waals surface area contributed by atoms with Gasteiger partial charge in [-0.1, -0.05) is 24.3 Å². The van der Waals surface area contributed by atoms with Crippen LogP contribution in [0.2, 0.25) is 0 Å². The molecule has 0 atom stereocenters. The average Bonchev–Trinajstić information content (AvgIpc) is 2.80. The fourth-order valence-corrected chi connectivity index (χ4v) is 4.02. The van der Waals surface area contributed by atoms with Crippen LogP contribution in [0.1, 0.15) is 15.9 Å². The van der Waals surface area contributed by atoms with Gasteiger partial charge in [0.05, 0.1) is 14.2 Å². The molecule has 30 heavy (non-hydrogen) atoms. The van der Waals surface area contributed by atoms with E-state index in [0.29, 0.717) is 6.54 Å². The summed E-state index contributed by atoms with van der Waals surface area (Å²) in [6.45, 7) is 4.08. The molecule has 0 radical (unpaired) electrons. The third-order valence-corrected chi connectivity index (χ3v) is 5.72. The second-order valence-electron chi connectivity index (χ2n) is 7.43. The quantitative estimate of drug-likeness (QED) is 0.653. The van der Waals surface area contributed by atoms with Crippen LogP contribution in [0.25, 0.3) is 10.8 Å². The first-order valence-electron chi connectivity index (χ1n) is 10.0. The van der Waals surface area contributed by atoms with E-state index in [4.69, 9.17) is 9.47 Å². The van der Waals surface area contributed by atoms with Gasteiger partial charge < -0.3 is 19.5 Å². The van der Waals surface area contributed by atoms with Gasteiger partial charge in [0.25, 0.3) is 0 Å². The lowest BCUT2D eigenvalue weighted by molar-refractivity contribution is 0.0597. The number of methoxy groups -OCH3 is 2. The molecule has 3 aromatic rings. The van der Waals surface area contributed by atoms with Crippen molar-refractivity contribution >= 4 is 22.4 Å². The van der Waals surface area contributed by atoms with E-state index >= 15 is 0 Å².